The van der Waals surface area contributed by atoms with Crippen molar-refractivity contribution in [1.82, 2.24) is 0 Å². The third-order valence-corrected chi connectivity index (χ3v) is 3.17. The molecule has 0 amide bonds. The van der Waals surface area contributed by atoms with Gasteiger partial charge >= 0.3 is 44.3 Å². The number of rotatable bonds is 1. The van der Waals surface area contributed by atoms with Crippen molar-refractivity contribution < 1.29 is 24.6 Å². The van der Waals surface area contributed by atoms with Crippen molar-refractivity contribution in [2.75, 3.05) is 0 Å². The molecule has 0 aliphatic rings. The summed E-state index contributed by atoms with van der Waals surface area (Å²) in [6, 6.07) is 0. The summed E-state index contributed by atoms with van der Waals surface area (Å²) in [4.78, 5) is 0. The number of nitriles is 1. The van der Waals surface area contributed by atoms with Gasteiger partial charge in [0.15, 0.2) is 0 Å². The molecule has 0 heterocycles. The van der Waals surface area contributed by atoms with E-state index in [-0.39, 0.29) is 0 Å². The van der Waals surface area contributed by atoms with Gasteiger partial charge in [0.1, 0.15) is 0 Å². The zero-order valence-electron chi connectivity index (χ0n) is 3.36. The topological polar surface area (TPSA) is 23.8 Å². The summed E-state index contributed by atoms with van der Waals surface area (Å²) in [6.45, 7) is 2.09. The van der Waals surface area contributed by atoms with Crippen LogP contribution in [0.2, 0.25) is 3.93 Å². The molecule has 0 unspecified atom stereocenters. The summed E-state index contributed by atoms with van der Waals surface area (Å²) in [7, 11) is 0. The first-order chi connectivity index (χ1) is 2.41. The van der Waals surface area contributed by atoms with Gasteiger partial charge in [0.05, 0.1) is 0 Å². The van der Waals surface area contributed by atoms with Crippen LogP contribution in [0.15, 0.2) is 0 Å². The fourth-order valence-corrected chi connectivity index (χ4v) is 0.981. The molecule has 0 spiro atoms. The maximum atomic E-state index is 7.92. The van der Waals surface area contributed by atoms with E-state index in [1.54, 1.807) is 0 Å². The molecule has 0 aromatic heterocycles. The van der Waals surface area contributed by atoms with Crippen molar-refractivity contribution in [3.63, 3.8) is 0 Å². The minimum absolute atomic E-state index is 0.836. The summed E-state index contributed by atoms with van der Waals surface area (Å²) < 4.78 is 3.44. The number of nitrogens with zero attached hydrogens (tertiary/aromatic N) is 1. The molecule has 1 nitrogen and oxygen atoms in total. The minimum atomic E-state index is -0.836. The van der Waals surface area contributed by atoms with E-state index in [9.17, 15) is 0 Å². The summed E-state index contributed by atoms with van der Waals surface area (Å²) >= 11 is -0.836. The quantitative estimate of drug-likeness (QED) is 0.641. The SMILES string of the molecule is C[CH2][Hg][C]#N. The summed E-state index contributed by atoms with van der Waals surface area (Å²) in [5, 5.41) is 7.92. The van der Waals surface area contributed by atoms with Crippen LogP contribution in [0.1, 0.15) is 6.92 Å². The second-order valence-electron chi connectivity index (χ2n) is 0.908. The van der Waals surface area contributed by atoms with Crippen LogP contribution in [0.5, 0.6) is 0 Å². The maximum absolute atomic E-state index is 7.92. The second kappa shape index (κ2) is 4.43. The van der Waals surface area contributed by atoms with Crippen LogP contribution in [0, 0.1) is 8.84 Å². The van der Waals surface area contributed by atoms with E-state index in [2.05, 4.69) is 10.5 Å². The van der Waals surface area contributed by atoms with E-state index in [1.807, 2.05) is 0 Å². The molecule has 0 saturated heterocycles. The molecule has 0 radical (unpaired) electrons. The van der Waals surface area contributed by atoms with Crippen LogP contribution in [-0.2, 0) is 24.6 Å². The van der Waals surface area contributed by atoms with Crippen molar-refractivity contribution in [3.8, 4) is 3.58 Å². The van der Waals surface area contributed by atoms with Gasteiger partial charge in [-0.2, -0.15) is 0 Å². The van der Waals surface area contributed by atoms with Gasteiger partial charge in [0.25, 0.3) is 0 Å². The third-order valence-electron chi connectivity index (χ3n) is 0.362. The fourth-order valence-electron chi connectivity index (χ4n) is 0.112. The molecule has 0 N–H and O–H groups in total. The monoisotopic (exact) mass is 257 g/mol. The van der Waals surface area contributed by atoms with Gasteiger partial charge in [-0.25, -0.2) is 0 Å². The molecule has 0 bridgehead atoms. The average molecular weight is 256 g/mol. The van der Waals surface area contributed by atoms with Gasteiger partial charge in [-0.05, 0) is 0 Å². The Morgan fingerprint density at radius 1 is 2.00 bits per heavy atom. The standard InChI is InChI=1S/C2H5.CN.Hg/c2*1-2;/h1H2,2H3;;. The molecule has 5 heavy (non-hydrogen) atoms. The molecule has 0 rings (SSSR count). The van der Waals surface area contributed by atoms with E-state index in [4.69, 9.17) is 5.26 Å². The average Bonchev–Trinajstić information content (AvgIpc) is 1.41. The van der Waals surface area contributed by atoms with Gasteiger partial charge in [0, 0.05) is 0 Å². The zero-order chi connectivity index (χ0) is 4.12. The summed E-state index contributed by atoms with van der Waals surface area (Å²) in [5.74, 6) is 0. The predicted octanol–water partition coefficient (Wildman–Crippen LogP) is 0.988. The second-order valence-corrected chi connectivity index (χ2v) is 7.97. The van der Waals surface area contributed by atoms with E-state index >= 15 is 0 Å². The Labute approximate surface area is 44.4 Å². The van der Waals surface area contributed by atoms with Crippen LogP contribution in [0.3, 0.4) is 0 Å². The van der Waals surface area contributed by atoms with Crippen LogP contribution < -0.4 is 0 Å². The van der Waals surface area contributed by atoms with E-state index < -0.39 is 24.6 Å². The Morgan fingerprint density at radius 3 is 2.60 bits per heavy atom. The molecule has 0 aromatic rings. The molecule has 24 valence electrons. The molecule has 0 saturated carbocycles. The van der Waals surface area contributed by atoms with Crippen LogP contribution in [0.4, 0.5) is 0 Å². The third kappa shape index (κ3) is 4.43. The van der Waals surface area contributed by atoms with Gasteiger partial charge in [-0.1, -0.05) is 0 Å². The van der Waals surface area contributed by atoms with Crippen LogP contribution in [0.25, 0.3) is 0 Å². The summed E-state index contributed by atoms with van der Waals surface area (Å²) in [5.41, 5.74) is 0. The van der Waals surface area contributed by atoms with E-state index in [0.717, 1.165) is 0 Å². The molecule has 0 fully saturated rings. The first-order valence-corrected chi connectivity index (χ1v) is 8.42. The summed E-state index contributed by atoms with van der Waals surface area (Å²) in [6.07, 6.45) is 0. The molecule has 0 aliphatic carbocycles. The Hall–Kier alpha value is 0.425. The van der Waals surface area contributed by atoms with E-state index in [1.165, 1.54) is 3.93 Å². The van der Waals surface area contributed by atoms with Crippen molar-refractivity contribution >= 4 is 0 Å². The molecular formula is C3H5HgN. The number of hydrogen-bond donors (Lipinski definition) is 0. The Bertz CT molecular complexity index is 45.3. The van der Waals surface area contributed by atoms with Crippen molar-refractivity contribution in [1.29, 1.82) is 5.26 Å². The van der Waals surface area contributed by atoms with Gasteiger partial charge < -0.3 is 0 Å². The van der Waals surface area contributed by atoms with Gasteiger partial charge in [-0.3, -0.25) is 0 Å². The fraction of sp³-hybridized carbons (Fsp3) is 0.667. The van der Waals surface area contributed by atoms with E-state index in [0.29, 0.717) is 0 Å². The Balaban J connectivity index is 2.48. The van der Waals surface area contributed by atoms with Crippen LogP contribution >= 0.6 is 0 Å². The molecule has 0 aliphatic heterocycles. The Morgan fingerprint density at radius 2 is 2.60 bits per heavy atom. The Kier molecular flexibility index (Phi) is 4.80. The normalized spacial score (nSPS) is 4.80. The predicted molar refractivity (Wildman–Crippen MR) is 16.1 cm³/mol. The first-order valence-electron chi connectivity index (χ1n) is 1.78. The van der Waals surface area contributed by atoms with Crippen LogP contribution in [-0.4, -0.2) is 0 Å². The zero-order valence-corrected chi connectivity index (χ0v) is 8.86. The van der Waals surface area contributed by atoms with Crippen molar-refractivity contribution in [3.05, 3.63) is 0 Å². The van der Waals surface area contributed by atoms with Crippen molar-refractivity contribution in [2.45, 2.75) is 10.9 Å². The van der Waals surface area contributed by atoms with Gasteiger partial charge in [0.2, 0.25) is 0 Å². The first kappa shape index (κ1) is 5.43. The molecule has 0 atom stereocenters. The molecular weight excluding hydrogens is 251 g/mol. The number of hydrogen-bond acceptors (Lipinski definition) is 1. The molecule has 2 heteroatoms. The van der Waals surface area contributed by atoms with Gasteiger partial charge in [-0.15, -0.1) is 0 Å². The molecule has 0 aromatic carbocycles. The van der Waals surface area contributed by atoms with Crippen molar-refractivity contribution in [2.24, 2.45) is 0 Å².